The fourth-order valence-electron chi connectivity index (χ4n) is 6.63. The Kier molecular flexibility index (Phi) is 13.0. The number of rotatable bonds is 20. The van der Waals surface area contributed by atoms with Gasteiger partial charge in [0, 0.05) is 40.1 Å². The molecule has 0 radical (unpaired) electrons. The molecule has 1 heterocycles. The third-order valence-electron chi connectivity index (χ3n) is 9.08. The minimum atomic E-state index is -1.40. The van der Waals surface area contributed by atoms with Gasteiger partial charge in [-0.25, -0.2) is 4.79 Å². The maximum absolute atomic E-state index is 13.5. The molecular formula is C41H38N2O16. The van der Waals surface area contributed by atoms with E-state index < -0.39 is 67.4 Å². The van der Waals surface area contributed by atoms with Crippen molar-refractivity contribution in [1.82, 2.24) is 0 Å². The van der Waals surface area contributed by atoms with Crippen molar-refractivity contribution >= 4 is 58.2 Å². The van der Waals surface area contributed by atoms with Crippen LogP contribution in [0.5, 0.6) is 11.5 Å². The van der Waals surface area contributed by atoms with Gasteiger partial charge >= 0.3 is 35.8 Å². The number of nitrogens with zero attached hydrogens (tertiary/aromatic N) is 2. The number of hydrogen-bond donors (Lipinski definition) is 6. The van der Waals surface area contributed by atoms with E-state index in [0.717, 1.165) is 9.80 Å². The standard InChI is InChI=1S/C41H38N2O16/c1-21-7-9-28(42(17-34(46)47)18-35(48)49)31(13-21)57-11-12-58-32-15-26-30(16-29(32)43(19-36(50)51)20-37(52)53)59-40-22(2)39(54)23(8-10-33(44)45)14-27(40)38(26)24-5-3-4-6-25(24)41(55)56/h3-7,9,13-16H,8,10-12,17-20H2,1-2H3,(H,44,45)(H,46,47)(H,48,49)(H,50,51)(H,52,53)(H,55,56). The predicted octanol–water partition coefficient (Wildman–Crippen LogP) is 4.31. The molecule has 0 atom stereocenters. The lowest BCUT2D eigenvalue weighted by atomic mass is 9.87. The summed E-state index contributed by atoms with van der Waals surface area (Å²) in [4.78, 5) is 86.7. The molecule has 0 aromatic heterocycles. The number of carboxylic acid groups (broad SMARTS) is 6. The fourth-order valence-corrected chi connectivity index (χ4v) is 6.63. The van der Waals surface area contributed by atoms with Crippen LogP contribution in [0.4, 0.5) is 11.4 Å². The van der Waals surface area contributed by atoms with Crippen molar-refractivity contribution in [3.63, 3.8) is 0 Å². The zero-order chi connectivity index (χ0) is 43.1. The molecule has 0 bridgehead atoms. The first-order valence-corrected chi connectivity index (χ1v) is 17.8. The molecule has 18 heteroatoms. The summed E-state index contributed by atoms with van der Waals surface area (Å²) in [7, 11) is 0. The van der Waals surface area contributed by atoms with E-state index in [0.29, 0.717) is 5.56 Å². The van der Waals surface area contributed by atoms with Gasteiger partial charge in [0.1, 0.15) is 62.2 Å². The van der Waals surface area contributed by atoms with E-state index in [1.807, 2.05) is 0 Å². The highest BCUT2D eigenvalue weighted by molar-refractivity contribution is 6.09. The summed E-state index contributed by atoms with van der Waals surface area (Å²) in [6.07, 6.45) is -0.526. The molecule has 308 valence electrons. The Labute approximate surface area is 334 Å². The van der Waals surface area contributed by atoms with Crippen LogP contribution in [0, 0.1) is 13.8 Å². The molecular weight excluding hydrogens is 776 g/mol. The zero-order valence-corrected chi connectivity index (χ0v) is 31.6. The van der Waals surface area contributed by atoms with Crippen LogP contribution >= 0.6 is 0 Å². The first kappa shape index (κ1) is 42.5. The van der Waals surface area contributed by atoms with Gasteiger partial charge in [0.2, 0.25) is 0 Å². The van der Waals surface area contributed by atoms with Crippen molar-refractivity contribution in [3.05, 3.63) is 93.1 Å². The van der Waals surface area contributed by atoms with Crippen LogP contribution < -0.4 is 24.7 Å². The number of anilines is 2. The van der Waals surface area contributed by atoms with Crippen LogP contribution in [0.1, 0.15) is 33.5 Å². The van der Waals surface area contributed by atoms with Crippen LogP contribution in [-0.2, 0) is 30.4 Å². The molecule has 1 aliphatic heterocycles. The van der Waals surface area contributed by atoms with Gasteiger partial charge in [0.15, 0.2) is 5.43 Å². The van der Waals surface area contributed by atoms with Crippen molar-refractivity contribution in [2.75, 3.05) is 49.2 Å². The van der Waals surface area contributed by atoms with Gasteiger partial charge in [-0.15, -0.1) is 0 Å². The number of aromatic carboxylic acids is 1. The van der Waals surface area contributed by atoms with E-state index in [9.17, 15) is 64.2 Å². The fraction of sp³-hybridized carbons (Fsp3) is 0.244. The minimum Gasteiger partial charge on any atom is -0.488 e. The molecule has 0 unspecified atom stereocenters. The van der Waals surface area contributed by atoms with Crippen LogP contribution in [-0.4, -0.2) is 106 Å². The molecule has 0 saturated heterocycles. The largest absolute Gasteiger partial charge is 0.488 e. The van der Waals surface area contributed by atoms with E-state index in [-0.39, 0.29) is 99.0 Å². The van der Waals surface area contributed by atoms with Crippen LogP contribution in [0.15, 0.2) is 69.9 Å². The monoisotopic (exact) mass is 814 g/mol. The van der Waals surface area contributed by atoms with Gasteiger partial charge in [-0.1, -0.05) is 24.3 Å². The maximum atomic E-state index is 13.5. The average Bonchev–Trinajstić information content (AvgIpc) is 3.15. The zero-order valence-electron chi connectivity index (χ0n) is 31.6. The van der Waals surface area contributed by atoms with E-state index in [1.165, 1.54) is 49.4 Å². The summed E-state index contributed by atoms with van der Waals surface area (Å²) in [5, 5.41) is 58.2. The summed E-state index contributed by atoms with van der Waals surface area (Å²) in [6, 6.07) is 14.8. The lowest BCUT2D eigenvalue weighted by Gasteiger charge is -2.26. The topological polar surface area (TPSA) is 279 Å². The number of aryl methyl sites for hydroxylation is 2. The molecule has 2 aliphatic rings. The smallest absolute Gasteiger partial charge is 0.336 e. The highest BCUT2D eigenvalue weighted by Gasteiger charge is 2.28. The van der Waals surface area contributed by atoms with Crippen molar-refractivity contribution in [3.8, 4) is 33.9 Å². The second-order valence-corrected chi connectivity index (χ2v) is 13.4. The van der Waals surface area contributed by atoms with Gasteiger partial charge in [0.05, 0.1) is 16.9 Å². The number of fused-ring (bicyclic) bond motifs is 2. The third kappa shape index (κ3) is 10.0. The van der Waals surface area contributed by atoms with E-state index in [1.54, 1.807) is 25.1 Å². The molecule has 6 N–H and O–H groups in total. The Morgan fingerprint density at radius 2 is 1.20 bits per heavy atom. The lowest BCUT2D eigenvalue weighted by molar-refractivity contribution is -0.138. The molecule has 0 saturated carbocycles. The highest BCUT2D eigenvalue weighted by atomic mass is 16.5. The van der Waals surface area contributed by atoms with E-state index >= 15 is 0 Å². The first-order valence-electron chi connectivity index (χ1n) is 17.8. The van der Waals surface area contributed by atoms with Crippen LogP contribution in [0.2, 0.25) is 0 Å². The van der Waals surface area contributed by atoms with Gasteiger partial charge in [-0.3, -0.25) is 28.8 Å². The van der Waals surface area contributed by atoms with Gasteiger partial charge in [-0.2, -0.15) is 0 Å². The second kappa shape index (κ2) is 18.1. The Morgan fingerprint density at radius 3 is 1.76 bits per heavy atom. The lowest BCUT2D eigenvalue weighted by Crippen LogP contribution is -2.35. The van der Waals surface area contributed by atoms with Crippen LogP contribution in [0.25, 0.3) is 33.4 Å². The molecule has 0 amide bonds. The summed E-state index contributed by atoms with van der Waals surface area (Å²) >= 11 is 0. The van der Waals surface area contributed by atoms with Gasteiger partial charge in [-0.05, 0) is 61.7 Å². The number of carboxylic acids is 6. The predicted molar refractivity (Wildman–Crippen MR) is 209 cm³/mol. The minimum absolute atomic E-state index is 0.0154. The summed E-state index contributed by atoms with van der Waals surface area (Å²) in [5.41, 5.74) is 0.952. The molecule has 3 aromatic carbocycles. The Bertz CT molecular complexity index is 2480. The molecule has 1 aliphatic carbocycles. The quantitative estimate of drug-likeness (QED) is 0.0472. The SMILES string of the molecule is Cc1ccc(N(CC(=O)O)CC(=O)O)c(OCCOc2cc3c(-c4ccccc4C(=O)O)c4cc(CCC(=O)O)c(=O)c(C)c-4oc3cc2N(CC(=O)O)CC(=O)O)c1. The molecule has 0 fully saturated rings. The number of aliphatic carboxylic acids is 5. The van der Waals surface area contributed by atoms with Crippen molar-refractivity contribution in [2.45, 2.75) is 26.7 Å². The first-order chi connectivity index (χ1) is 27.9. The van der Waals surface area contributed by atoms with E-state index in [2.05, 4.69) is 0 Å². The number of hydrogen-bond acceptors (Lipinski definition) is 12. The van der Waals surface area contributed by atoms with Crippen molar-refractivity contribution in [2.24, 2.45) is 0 Å². The Balaban J connectivity index is 1.71. The molecule has 0 spiro atoms. The van der Waals surface area contributed by atoms with Gasteiger partial charge in [0.25, 0.3) is 0 Å². The molecule has 18 nitrogen and oxygen atoms in total. The average molecular weight is 815 g/mol. The second-order valence-electron chi connectivity index (χ2n) is 13.4. The third-order valence-corrected chi connectivity index (χ3v) is 9.08. The Hall–Kier alpha value is -7.63. The summed E-state index contributed by atoms with van der Waals surface area (Å²) < 4.78 is 18.4. The number of ether oxygens (including phenoxy) is 2. The molecule has 59 heavy (non-hydrogen) atoms. The molecule has 5 rings (SSSR count). The number of benzene rings is 4. The summed E-state index contributed by atoms with van der Waals surface area (Å²) in [6.45, 7) is -0.325. The maximum Gasteiger partial charge on any atom is 0.336 e. The van der Waals surface area contributed by atoms with E-state index in [4.69, 9.17) is 13.9 Å². The van der Waals surface area contributed by atoms with Gasteiger partial charge < -0.3 is 54.3 Å². The van der Waals surface area contributed by atoms with Crippen molar-refractivity contribution < 1.29 is 73.3 Å². The summed E-state index contributed by atoms with van der Waals surface area (Å²) in [5.74, 6) is -7.78. The van der Waals surface area contributed by atoms with Crippen LogP contribution in [0.3, 0.4) is 0 Å². The van der Waals surface area contributed by atoms with Crippen molar-refractivity contribution in [1.29, 1.82) is 0 Å². The highest BCUT2D eigenvalue weighted by Crippen LogP contribution is 2.46. The number of carbonyl (C=O) groups is 6. The Morgan fingerprint density at radius 1 is 0.644 bits per heavy atom. The molecule has 3 aromatic rings. The normalized spacial score (nSPS) is 10.9.